The van der Waals surface area contributed by atoms with Crippen LogP contribution in [-0.4, -0.2) is 29.6 Å². The maximum absolute atomic E-state index is 5.87. The van der Waals surface area contributed by atoms with Crippen LogP contribution in [-0.2, 0) is 0 Å². The van der Waals surface area contributed by atoms with Crippen molar-refractivity contribution < 1.29 is 0 Å². The molecule has 2 atom stereocenters. The molecule has 0 aromatic carbocycles. The van der Waals surface area contributed by atoms with Crippen molar-refractivity contribution in [2.45, 2.75) is 58.0 Å². The maximum atomic E-state index is 5.87. The Balaban J connectivity index is 2.67. The molecule has 0 aliphatic carbocycles. The van der Waals surface area contributed by atoms with Crippen molar-refractivity contribution in [3.63, 3.8) is 0 Å². The Morgan fingerprint density at radius 3 is 2.62 bits per heavy atom. The quantitative estimate of drug-likeness (QED) is 0.724. The van der Waals surface area contributed by atoms with Crippen molar-refractivity contribution in [1.29, 1.82) is 0 Å². The topological polar surface area (TPSA) is 29.3 Å². The van der Waals surface area contributed by atoms with Crippen LogP contribution in [0.4, 0.5) is 0 Å². The Labute approximate surface area is 82.5 Å². The molecule has 13 heavy (non-hydrogen) atoms. The van der Waals surface area contributed by atoms with E-state index in [-0.39, 0.29) is 5.54 Å². The molecule has 1 aliphatic rings. The average Bonchev–Trinajstić information content (AvgIpc) is 2.65. The lowest BCUT2D eigenvalue weighted by Gasteiger charge is -2.41. The first-order valence-electron chi connectivity index (χ1n) is 5.64. The van der Waals surface area contributed by atoms with E-state index >= 15 is 0 Å². The van der Waals surface area contributed by atoms with Crippen molar-refractivity contribution in [3.05, 3.63) is 0 Å². The number of nitrogens with zero attached hydrogens (tertiary/aromatic N) is 1. The summed E-state index contributed by atoms with van der Waals surface area (Å²) in [7, 11) is 0. The van der Waals surface area contributed by atoms with E-state index in [4.69, 9.17) is 5.73 Å². The normalized spacial score (nSPS) is 29.1. The highest BCUT2D eigenvalue weighted by molar-refractivity contribution is 4.93. The van der Waals surface area contributed by atoms with E-state index in [1.54, 1.807) is 0 Å². The summed E-state index contributed by atoms with van der Waals surface area (Å²) >= 11 is 0. The molecule has 0 radical (unpaired) electrons. The second-order valence-corrected chi connectivity index (χ2v) is 4.45. The van der Waals surface area contributed by atoms with Gasteiger partial charge < -0.3 is 5.73 Å². The van der Waals surface area contributed by atoms with Gasteiger partial charge in [-0.2, -0.15) is 0 Å². The van der Waals surface area contributed by atoms with Gasteiger partial charge in [-0.15, -0.1) is 0 Å². The molecular weight excluding hydrogens is 160 g/mol. The lowest BCUT2D eigenvalue weighted by Crippen LogP contribution is -2.53. The zero-order valence-corrected chi connectivity index (χ0v) is 9.34. The fraction of sp³-hybridized carbons (Fsp3) is 1.00. The maximum Gasteiger partial charge on any atom is 0.0303 e. The van der Waals surface area contributed by atoms with Gasteiger partial charge in [0.15, 0.2) is 0 Å². The lowest BCUT2D eigenvalue weighted by molar-refractivity contribution is 0.0899. The van der Waals surface area contributed by atoms with E-state index in [0.29, 0.717) is 0 Å². The highest BCUT2D eigenvalue weighted by Gasteiger charge is 2.35. The Hall–Kier alpha value is -0.0800. The van der Waals surface area contributed by atoms with Gasteiger partial charge in [-0.25, -0.2) is 0 Å². The second kappa shape index (κ2) is 4.43. The summed E-state index contributed by atoms with van der Waals surface area (Å²) in [5, 5.41) is 0. The summed E-state index contributed by atoms with van der Waals surface area (Å²) < 4.78 is 0. The van der Waals surface area contributed by atoms with E-state index < -0.39 is 0 Å². The van der Waals surface area contributed by atoms with Gasteiger partial charge in [0.1, 0.15) is 0 Å². The molecule has 0 amide bonds. The smallest absolute Gasteiger partial charge is 0.0303 e. The largest absolute Gasteiger partial charge is 0.329 e. The molecule has 1 fully saturated rings. The highest BCUT2D eigenvalue weighted by Crippen LogP contribution is 2.29. The minimum Gasteiger partial charge on any atom is -0.329 e. The van der Waals surface area contributed by atoms with Crippen LogP contribution >= 0.6 is 0 Å². The third-order valence-electron chi connectivity index (χ3n) is 3.74. The van der Waals surface area contributed by atoms with Gasteiger partial charge >= 0.3 is 0 Å². The van der Waals surface area contributed by atoms with Crippen LogP contribution in [0.5, 0.6) is 0 Å². The summed E-state index contributed by atoms with van der Waals surface area (Å²) in [6.07, 6.45) is 5.16. The van der Waals surface area contributed by atoms with Crippen LogP contribution in [0, 0.1) is 0 Å². The van der Waals surface area contributed by atoms with Crippen molar-refractivity contribution in [3.8, 4) is 0 Å². The standard InChI is InChI=1S/C11H24N2/c1-4-10-7-6-8-13(10)11(3,5-2)9-12/h10H,4-9,12H2,1-3H3. The third kappa shape index (κ3) is 2.05. The highest BCUT2D eigenvalue weighted by atomic mass is 15.2. The van der Waals surface area contributed by atoms with Gasteiger partial charge in [-0.05, 0) is 39.2 Å². The van der Waals surface area contributed by atoms with Crippen LogP contribution in [0.15, 0.2) is 0 Å². The van der Waals surface area contributed by atoms with Crippen LogP contribution in [0.3, 0.4) is 0 Å². The molecule has 1 saturated heterocycles. The Morgan fingerprint density at radius 1 is 1.46 bits per heavy atom. The molecule has 0 aromatic heterocycles. The predicted molar refractivity (Wildman–Crippen MR) is 57.8 cm³/mol. The van der Waals surface area contributed by atoms with Crippen molar-refractivity contribution >= 4 is 0 Å². The SMILES string of the molecule is CCC1CCCN1C(C)(CC)CN. The van der Waals surface area contributed by atoms with E-state index in [1.165, 1.54) is 32.2 Å². The molecule has 0 bridgehead atoms. The Bertz CT molecular complexity index is 152. The van der Waals surface area contributed by atoms with Gasteiger partial charge in [0.2, 0.25) is 0 Å². The van der Waals surface area contributed by atoms with Crippen molar-refractivity contribution in [1.82, 2.24) is 4.90 Å². The zero-order valence-electron chi connectivity index (χ0n) is 9.34. The summed E-state index contributed by atoms with van der Waals surface area (Å²) in [6.45, 7) is 8.88. The molecule has 0 spiro atoms. The summed E-state index contributed by atoms with van der Waals surface area (Å²) in [5.41, 5.74) is 6.12. The molecule has 1 heterocycles. The van der Waals surface area contributed by atoms with Crippen molar-refractivity contribution in [2.24, 2.45) is 5.73 Å². The van der Waals surface area contributed by atoms with Gasteiger partial charge in [0.25, 0.3) is 0 Å². The van der Waals surface area contributed by atoms with E-state index in [9.17, 15) is 0 Å². The number of hydrogen-bond acceptors (Lipinski definition) is 2. The summed E-state index contributed by atoms with van der Waals surface area (Å²) in [6, 6.07) is 0.786. The van der Waals surface area contributed by atoms with Crippen molar-refractivity contribution in [2.75, 3.05) is 13.1 Å². The van der Waals surface area contributed by atoms with Gasteiger partial charge in [-0.3, -0.25) is 4.90 Å². The van der Waals surface area contributed by atoms with E-state index in [0.717, 1.165) is 12.6 Å². The third-order valence-corrected chi connectivity index (χ3v) is 3.74. The Morgan fingerprint density at radius 2 is 2.15 bits per heavy atom. The minimum absolute atomic E-state index is 0.247. The second-order valence-electron chi connectivity index (χ2n) is 4.45. The van der Waals surface area contributed by atoms with E-state index in [1.807, 2.05) is 0 Å². The lowest BCUT2D eigenvalue weighted by atomic mass is 9.95. The molecule has 1 rings (SSSR count). The molecule has 1 aliphatic heterocycles. The van der Waals surface area contributed by atoms with Crippen LogP contribution in [0.2, 0.25) is 0 Å². The first-order chi connectivity index (χ1) is 6.18. The zero-order chi connectivity index (χ0) is 9.90. The Kier molecular flexibility index (Phi) is 3.74. The average molecular weight is 184 g/mol. The fourth-order valence-corrected chi connectivity index (χ4v) is 2.44. The first kappa shape index (κ1) is 11.0. The molecule has 2 heteroatoms. The minimum atomic E-state index is 0.247. The summed E-state index contributed by atoms with van der Waals surface area (Å²) in [5.74, 6) is 0. The molecule has 2 nitrogen and oxygen atoms in total. The molecule has 2 N–H and O–H groups in total. The number of hydrogen-bond donors (Lipinski definition) is 1. The molecule has 2 unspecified atom stereocenters. The van der Waals surface area contributed by atoms with Crippen LogP contribution < -0.4 is 5.73 Å². The number of likely N-dealkylation sites (tertiary alicyclic amines) is 1. The number of nitrogens with two attached hydrogens (primary N) is 1. The van der Waals surface area contributed by atoms with Crippen LogP contribution in [0.1, 0.15) is 46.5 Å². The van der Waals surface area contributed by atoms with Gasteiger partial charge in [0.05, 0.1) is 0 Å². The molecule has 78 valence electrons. The number of rotatable bonds is 4. The molecule has 0 saturated carbocycles. The van der Waals surface area contributed by atoms with Gasteiger partial charge in [0, 0.05) is 18.1 Å². The monoisotopic (exact) mass is 184 g/mol. The molecule has 0 aromatic rings. The fourth-order valence-electron chi connectivity index (χ4n) is 2.44. The predicted octanol–water partition coefficient (Wildman–Crippen LogP) is 1.99. The molecular formula is C11H24N2. The first-order valence-corrected chi connectivity index (χ1v) is 5.64. The summed E-state index contributed by atoms with van der Waals surface area (Å²) in [4.78, 5) is 2.63. The van der Waals surface area contributed by atoms with Crippen LogP contribution in [0.25, 0.3) is 0 Å². The van der Waals surface area contributed by atoms with Gasteiger partial charge in [-0.1, -0.05) is 13.8 Å². The van der Waals surface area contributed by atoms with E-state index in [2.05, 4.69) is 25.7 Å².